The Labute approximate surface area is 159 Å². The molecule has 0 aromatic carbocycles. The zero-order valence-electron chi connectivity index (χ0n) is 17.1. The van der Waals surface area contributed by atoms with Crippen LogP contribution in [0.5, 0.6) is 0 Å². The van der Waals surface area contributed by atoms with E-state index in [-0.39, 0.29) is 23.5 Å². The van der Waals surface area contributed by atoms with Gasteiger partial charge >= 0.3 is 5.97 Å². The molecule has 0 bridgehead atoms. The van der Waals surface area contributed by atoms with E-state index in [4.69, 9.17) is 10.5 Å². The molecular weight excluding hydrogens is 322 g/mol. The average molecular weight is 360 g/mol. The summed E-state index contributed by atoms with van der Waals surface area (Å²) in [5.41, 5.74) is 8.82. The predicted molar refractivity (Wildman–Crippen MR) is 104 cm³/mol. The number of ether oxygens (including phenoxy) is 1. The molecule has 0 saturated heterocycles. The van der Waals surface area contributed by atoms with Crippen molar-refractivity contribution in [2.75, 3.05) is 0 Å². The molecule has 4 rings (SSSR count). The molecule has 0 amide bonds. The first-order valence-electron chi connectivity index (χ1n) is 10.9. The SMILES string of the molecule is CC[C@H]1CC[C@H]2[C@@H]3CC=C4C[C@H](OC(C)=O)[C@H](N)C[C@]4(C)[C@H]3CC[C@]12C. The minimum Gasteiger partial charge on any atom is -0.461 e. The smallest absolute Gasteiger partial charge is 0.302 e. The molecule has 26 heavy (non-hydrogen) atoms. The number of carbonyl (C=O) groups is 1. The van der Waals surface area contributed by atoms with Crippen LogP contribution in [0, 0.1) is 34.5 Å². The van der Waals surface area contributed by atoms with Crippen molar-refractivity contribution < 1.29 is 9.53 Å². The average Bonchev–Trinajstić information content (AvgIpc) is 2.91. The first-order chi connectivity index (χ1) is 12.3. The third-order valence-electron chi connectivity index (χ3n) is 9.19. The Hall–Kier alpha value is -0.830. The fraction of sp³-hybridized carbons (Fsp3) is 0.870. The van der Waals surface area contributed by atoms with Crippen LogP contribution >= 0.6 is 0 Å². The Bertz CT molecular complexity index is 613. The molecule has 0 aromatic rings. The number of carbonyl (C=O) groups excluding carboxylic acids is 1. The molecule has 3 heteroatoms. The van der Waals surface area contributed by atoms with Crippen LogP contribution in [0.25, 0.3) is 0 Å². The summed E-state index contributed by atoms with van der Waals surface area (Å²) in [6.45, 7) is 8.95. The second kappa shape index (κ2) is 6.36. The molecule has 3 saturated carbocycles. The van der Waals surface area contributed by atoms with Crippen molar-refractivity contribution in [2.45, 2.75) is 91.2 Å². The number of hydrogen-bond donors (Lipinski definition) is 1. The van der Waals surface area contributed by atoms with Gasteiger partial charge in [0, 0.05) is 19.4 Å². The second-order valence-corrected chi connectivity index (χ2v) is 10.2. The third kappa shape index (κ3) is 2.60. The van der Waals surface area contributed by atoms with E-state index in [0.717, 1.165) is 36.5 Å². The van der Waals surface area contributed by atoms with Gasteiger partial charge in [-0.1, -0.05) is 38.8 Å². The summed E-state index contributed by atoms with van der Waals surface area (Å²) in [7, 11) is 0. The molecule has 4 aliphatic carbocycles. The van der Waals surface area contributed by atoms with E-state index < -0.39 is 0 Å². The Balaban J connectivity index is 1.61. The lowest BCUT2D eigenvalue weighted by Gasteiger charge is -2.59. The number of fused-ring (bicyclic) bond motifs is 5. The monoisotopic (exact) mass is 359 g/mol. The molecule has 3 fully saturated rings. The minimum absolute atomic E-state index is 0.0277. The van der Waals surface area contributed by atoms with Crippen LogP contribution in [0.4, 0.5) is 0 Å². The number of rotatable bonds is 2. The lowest BCUT2D eigenvalue weighted by Crippen LogP contribution is -2.55. The molecule has 0 aromatic heterocycles. The lowest BCUT2D eigenvalue weighted by molar-refractivity contribution is -0.150. The fourth-order valence-electron chi connectivity index (χ4n) is 7.87. The Morgan fingerprint density at radius 1 is 1.27 bits per heavy atom. The van der Waals surface area contributed by atoms with E-state index in [0.29, 0.717) is 5.41 Å². The van der Waals surface area contributed by atoms with Crippen molar-refractivity contribution in [3.63, 3.8) is 0 Å². The van der Waals surface area contributed by atoms with Gasteiger partial charge in [-0.05, 0) is 73.0 Å². The molecule has 0 aliphatic heterocycles. The van der Waals surface area contributed by atoms with Crippen molar-refractivity contribution in [3.8, 4) is 0 Å². The number of allylic oxidation sites excluding steroid dienone is 1. The van der Waals surface area contributed by atoms with Gasteiger partial charge in [-0.3, -0.25) is 4.79 Å². The van der Waals surface area contributed by atoms with Gasteiger partial charge in [0.1, 0.15) is 6.10 Å². The Kier molecular flexibility index (Phi) is 4.53. The summed E-state index contributed by atoms with van der Waals surface area (Å²) >= 11 is 0. The molecule has 4 aliphatic rings. The van der Waals surface area contributed by atoms with Crippen LogP contribution in [0.3, 0.4) is 0 Å². The van der Waals surface area contributed by atoms with Crippen molar-refractivity contribution in [3.05, 3.63) is 11.6 Å². The number of esters is 1. The highest BCUT2D eigenvalue weighted by molar-refractivity contribution is 5.66. The van der Waals surface area contributed by atoms with E-state index in [1.807, 2.05) is 0 Å². The molecule has 0 spiro atoms. The molecule has 2 N–H and O–H groups in total. The standard InChI is InChI=1S/C23H37NO2/c1-5-15-7-9-18-17-8-6-16-12-21(26-14(2)25)20(24)13-23(16,4)19(17)10-11-22(15,18)3/h6,15,17-21H,5,7-13,24H2,1-4H3/t15-,17-,18-,19-,20+,21-,22+,23-/m0/s1. The number of nitrogens with two attached hydrogens (primary N) is 1. The molecule has 0 radical (unpaired) electrons. The number of hydrogen-bond acceptors (Lipinski definition) is 3. The van der Waals surface area contributed by atoms with Crippen LogP contribution in [-0.4, -0.2) is 18.1 Å². The van der Waals surface area contributed by atoms with Gasteiger partial charge in [0.05, 0.1) is 0 Å². The van der Waals surface area contributed by atoms with E-state index >= 15 is 0 Å². The maximum absolute atomic E-state index is 11.4. The molecule has 0 heterocycles. The van der Waals surface area contributed by atoms with Gasteiger partial charge in [0.15, 0.2) is 0 Å². The summed E-state index contributed by atoms with van der Waals surface area (Å²) in [5.74, 6) is 3.21. The Morgan fingerprint density at radius 2 is 2.04 bits per heavy atom. The van der Waals surface area contributed by atoms with Crippen LogP contribution in [-0.2, 0) is 9.53 Å². The van der Waals surface area contributed by atoms with Crippen LogP contribution in [0.1, 0.15) is 79.1 Å². The van der Waals surface area contributed by atoms with Gasteiger partial charge in [-0.25, -0.2) is 0 Å². The van der Waals surface area contributed by atoms with Crippen molar-refractivity contribution >= 4 is 5.97 Å². The van der Waals surface area contributed by atoms with Crippen molar-refractivity contribution in [2.24, 2.45) is 40.2 Å². The van der Waals surface area contributed by atoms with Crippen LogP contribution < -0.4 is 5.73 Å². The van der Waals surface area contributed by atoms with Gasteiger partial charge in [0.25, 0.3) is 0 Å². The second-order valence-electron chi connectivity index (χ2n) is 10.2. The maximum Gasteiger partial charge on any atom is 0.302 e. The molecular formula is C23H37NO2. The van der Waals surface area contributed by atoms with Crippen molar-refractivity contribution in [1.29, 1.82) is 0 Å². The van der Waals surface area contributed by atoms with Gasteiger partial charge in [-0.2, -0.15) is 0 Å². The van der Waals surface area contributed by atoms with Crippen molar-refractivity contribution in [1.82, 2.24) is 0 Å². The summed E-state index contributed by atoms with van der Waals surface area (Å²) in [5, 5.41) is 0. The fourth-order valence-corrected chi connectivity index (χ4v) is 7.87. The first-order valence-corrected chi connectivity index (χ1v) is 10.9. The largest absolute Gasteiger partial charge is 0.461 e. The van der Waals surface area contributed by atoms with E-state index in [2.05, 4.69) is 26.8 Å². The Morgan fingerprint density at radius 3 is 2.73 bits per heavy atom. The summed E-state index contributed by atoms with van der Waals surface area (Å²) in [6.07, 6.45) is 12.4. The molecule has 3 nitrogen and oxygen atoms in total. The van der Waals surface area contributed by atoms with Crippen LogP contribution in [0.2, 0.25) is 0 Å². The van der Waals surface area contributed by atoms with Gasteiger partial charge < -0.3 is 10.5 Å². The predicted octanol–water partition coefficient (Wildman–Crippen LogP) is 4.84. The first kappa shape index (κ1) is 18.5. The van der Waals surface area contributed by atoms with E-state index in [9.17, 15) is 4.79 Å². The summed E-state index contributed by atoms with van der Waals surface area (Å²) < 4.78 is 5.54. The van der Waals surface area contributed by atoms with Crippen LogP contribution in [0.15, 0.2) is 11.6 Å². The zero-order valence-corrected chi connectivity index (χ0v) is 17.1. The highest BCUT2D eigenvalue weighted by Crippen LogP contribution is 2.66. The summed E-state index contributed by atoms with van der Waals surface area (Å²) in [4.78, 5) is 11.4. The minimum atomic E-state index is -0.201. The van der Waals surface area contributed by atoms with Gasteiger partial charge in [-0.15, -0.1) is 0 Å². The normalized spacial score (nSPS) is 50.3. The highest BCUT2D eigenvalue weighted by Gasteiger charge is 2.59. The molecule has 146 valence electrons. The van der Waals surface area contributed by atoms with Gasteiger partial charge in [0.2, 0.25) is 0 Å². The lowest BCUT2D eigenvalue weighted by atomic mass is 9.47. The third-order valence-corrected chi connectivity index (χ3v) is 9.19. The van der Waals surface area contributed by atoms with E-state index in [1.54, 1.807) is 0 Å². The van der Waals surface area contributed by atoms with E-state index in [1.165, 1.54) is 51.0 Å². The zero-order chi connectivity index (χ0) is 18.7. The maximum atomic E-state index is 11.4. The summed E-state index contributed by atoms with van der Waals surface area (Å²) in [6, 6.07) is -0.0277. The molecule has 8 atom stereocenters. The quantitative estimate of drug-likeness (QED) is 0.567. The highest BCUT2D eigenvalue weighted by atomic mass is 16.5. The topological polar surface area (TPSA) is 52.3 Å². The molecule has 0 unspecified atom stereocenters.